The average Bonchev–Trinajstić information content (AvgIpc) is 2.98. The first-order valence-electron chi connectivity index (χ1n) is 8.34. The van der Waals surface area contributed by atoms with Gasteiger partial charge in [0.05, 0.1) is 28.9 Å². The molecule has 0 atom stereocenters. The van der Waals surface area contributed by atoms with E-state index in [2.05, 4.69) is 10.1 Å². The number of aryl methyl sites for hydroxylation is 1. The number of esters is 1. The molecule has 0 amide bonds. The van der Waals surface area contributed by atoms with Gasteiger partial charge in [0.25, 0.3) is 5.56 Å². The number of fused-ring (bicyclic) bond motifs is 3. The van der Waals surface area contributed by atoms with E-state index in [4.69, 9.17) is 16.3 Å². The van der Waals surface area contributed by atoms with E-state index in [-0.39, 0.29) is 12.2 Å². The lowest BCUT2D eigenvalue weighted by Gasteiger charge is -2.08. The summed E-state index contributed by atoms with van der Waals surface area (Å²) in [4.78, 5) is 29.5. The minimum absolute atomic E-state index is 0.255. The highest BCUT2D eigenvalue weighted by molar-refractivity contribution is 6.30. The normalized spacial score (nSPS) is 11.2. The molecule has 0 saturated heterocycles. The van der Waals surface area contributed by atoms with Crippen molar-refractivity contribution in [3.05, 3.63) is 69.4 Å². The molecule has 0 aliphatic heterocycles. The molecule has 3 aromatic heterocycles. The molecule has 4 rings (SSSR count). The lowest BCUT2D eigenvalue weighted by Crippen LogP contribution is -2.19. The van der Waals surface area contributed by atoms with Crippen LogP contribution in [0.5, 0.6) is 0 Å². The summed E-state index contributed by atoms with van der Waals surface area (Å²) in [6.45, 7) is 3.70. The molecule has 136 valence electrons. The molecule has 0 unspecified atom stereocenters. The third-order valence-corrected chi connectivity index (χ3v) is 4.49. The molecule has 8 heteroatoms. The Morgan fingerprint density at radius 3 is 2.85 bits per heavy atom. The Kier molecular flexibility index (Phi) is 4.16. The summed E-state index contributed by atoms with van der Waals surface area (Å²) >= 11 is 6.03. The van der Waals surface area contributed by atoms with Gasteiger partial charge in [-0.05, 0) is 38.1 Å². The van der Waals surface area contributed by atoms with Crippen LogP contribution < -0.4 is 5.56 Å². The monoisotopic (exact) mass is 382 g/mol. The molecule has 7 nitrogen and oxygen atoms in total. The van der Waals surface area contributed by atoms with Crippen LogP contribution in [-0.4, -0.2) is 31.7 Å². The highest BCUT2D eigenvalue weighted by atomic mass is 35.5. The molecule has 0 aliphatic carbocycles. The van der Waals surface area contributed by atoms with Crippen molar-refractivity contribution in [3.63, 3.8) is 0 Å². The van der Waals surface area contributed by atoms with E-state index >= 15 is 0 Å². The number of carbonyl (C=O) groups is 1. The number of halogens is 1. The third kappa shape index (κ3) is 2.76. The largest absolute Gasteiger partial charge is 0.462 e. The molecular weight excluding hydrogens is 368 g/mol. The molecule has 0 N–H and O–H groups in total. The van der Waals surface area contributed by atoms with E-state index in [1.807, 2.05) is 0 Å². The molecule has 0 spiro atoms. The fourth-order valence-corrected chi connectivity index (χ4v) is 3.23. The van der Waals surface area contributed by atoms with Crippen molar-refractivity contribution in [1.82, 2.24) is 19.2 Å². The molecule has 0 fully saturated rings. The second-order valence-corrected chi connectivity index (χ2v) is 6.38. The molecule has 0 aliphatic rings. The zero-order valence-electron chi connectivity index (χ0n) is 14.6. The van der Waals surface area contributed by atoms with E-state index < -0.39 is 5.97 Å². The summed E-state index contributed by atoms with van der Waals surface area (Å²) in [7, 11) is 0. The molecule has 0 radical (unpaired) electrons. The first kappa shape index (κ1) is 17.2. The van der Waals surface area contributed by atoms with Gasteiger partial charge in [-0.2, -0.15) is 5.10 Å². The van der Waals surface area contributed by atoms with Crippen molar-refractivity contribution < 1.29 is 9.53 Å². The minimum Gasteiger partial charge on any atom is -0.462 e. The molecule has 0 saturated carbocycles. The molecular formula is C19H15ClN4O3. The van der Waals surface area contributed by atoms with E-state index in [0.29, 0.717) is 38.5 Å². The van der Waals surface area contributed by atoms with E-state index in [1.54, 1.807) is 50.4 Å². The van der Waals surface area contributed by atoms with Crippen LogP contribution in [-0.2, 0) is 4.74 Å². The number of aromatic nitrogens is 4. The van der Waals surface area contributed by atoms with Crippen molar-refractivity contribution in [2.45, 2.75) is 13.8 Å². The van der Waals surface area contributed by atoms with E-state index in [9.17, 15) is 9.59 Å². The zero-order valence-corrected chi connectivity index (χ0v) is 15.4. The van der Waals surface area contributed by atoms with Gasteiger partial charge in [0.1, 0.15) is 5.56 Å². The number of carbonyl (C=O) groups excluding carboxylic acids is 1. The van der Waals surface area contributed by atoms with Crippen molar-refractivity contribution in [3.8, 4) is 5.69 Å². The number of hydrogen-bond donors (Lipinski definition) is 0. The van der Waals surface area contributed by atoms with E-state index in [1.165, 1.54) is 15.3 Å². The first-order valence-corrected chi connectivity index (χ1v) is 8.72. The van der Waals surface area contributed by atoms with Crippen LogP contribution in [0.15, 0.2) is 47.5 Å². The van der Waals surface area contributed by atoms with Gasteiger partial charge in [-0.25, -0.2) is 14.3 Å². The number of hydrogen-bond acceptors (Lipinski definition) is 5. The van der Waals surface area contributed by atoms with Gasteiger partial charge in [-0.1, -0.05) is 17.7 Å². The Balaban J connectivity index is 1.97. The summed E-state index contributed by atoms with van der Waals surface area (Å²) in [5.74, 6) is -0.482. The second-order valence-electron chi connectivity index (χ2n) is 5.94. The quantitative estimate of drug-likeness (QED) is 0.508. The highest BCUT2D eigenvalue weighted by Gasteiger charge is 2.21. The summed E-state index contributed by atoms with van der Waals surface area (Å²) < 4.78 is 8.08. The maximum absolute atomic E-state index is 13.0. The lowest BCUT2D eigenvalue weighted by atomic mass is 10.2. The average molecular weight is 383 g/mol. The highest BCUT2D eigenvalue weighted by Crippen LogP contribution is 2.20. The first-order chi connectivity index (χ1) is 13.0. The van der Waals surface area contributed by atoms with Crippen LogP contribution in [0.25, 0.3) is 22.2 Å². The number of rotatable bonds is 3. The number of benzene rings is 1. The zero-order chi connectivity index (χ0) is 19.1. The van der Waals surface area contributed by atoms with Gasteiger partial charge in [0, 0.05) is 17.4 Å². The Morgan fingerprint density at radius 1 is 1.30 bits per heavy atom. The lowest BCUT2D eigenvalue weighted by molar-refractivity contribution is 0.0527. The molecule has 27 heavy (non-hydrogen) atoms. The van der Waals surface area contributed by atoms with Crippen LogP contribution in [0.3, 0.4) is 0 Å². The van der Waals surface area contributed by atoms with Gasteiger partial charge in [-0.15, -0.1) is 0 Å². The molecule has 0 bridgehead atoms. The summed E-state index contributed by atoms with van der Waals surface area (Å²) in [5.41, 5.74) is 2.11. The summed E-state index contributed by atoms with van der Waals surface area (Å²) in [6, 6.07) is 8.78. The summed E-state index contributed by atoms with van der Waals surface area (Å²) in [5, 5.41) is 5.30. The maximum atomic E-state index is 13.0. The number of pyridine rings is 1. The minimum atomic E-state index is -0.482. The topological polar surface area (TPSA) is 78.5 Å². The van der Waals surface area contributed by atoms with E-state index in [0.717, 1.165) is 0 Å². The SMILES string of the molecule is CCOC(=O)c1c(C)nn2c1ncc1c(=O)n(-c3cccc(Cl)c3)ccc12. The fraction of sp³-hybridized carbons (Fsp3) is 0.158. The van der Waals surface area contributed by atoms with Gasteiger partial charge in [-0.3, -0.25) is 9.36 Å². The Labute approximate surface area is 158 Å². The Bertz CT molecular complexity index is 1260. The predicted molar refractivity (Wildman–Crippen MR) is 102 cm³/mol. The van der Waals surface area contributed by atoms with Gasteiger partial charge >= 0.3 is 5.97 Å². The molecule has 3 heterocycles. The standard InChI is InChI=1S/C19H15ClN4O3/c1-3-27-19(26)16-11(2)22-24-15-7-8-23(13-6-4-5-12(20)9-13)18(25)14(15)10-21-17(16)24/h4-10H,3H2,1-2H3. The van der Waals surface area contributed by atoms with Crippen LogP contribution in [0.4, 0.5) is 0 Å². The summed E-state index contributed by atoms with van der Waals surface area (Å²) in [6.07, 6.45) is 3.11. The van der Waals surface area contributed by atoms with Crippen molar-refractivity contribution in [2.24, 2.45) is 0 Å². The Morgan fingerprint density at radius 2 is 2.11 bits per heavy atom. The van der Waals surface area contributed by atoms with Crippen molar-refractivity contribution in [1.29, 1.82) is 0 Å². The fourth-order valence-electron chi connectivity index (χ4n) is 3.05. The second kappa shape index (κ2) is 6.51. The van der Waals surface area contributed by atoms with Gasteiger partial charge in [0.2, 0.25) is 0 Å². The Hall–Kier alpha value is -3.19. The molecule has 1 aromatic carbocycles. The number of ether oxygens (including phenoxy) is 1. The number of nitrogens with zero attached hydrogens (tertiary/aromatic N) is 4. The smallest absolute Gasteiger partial charge is 0.343 e. The van der Waals surface area contributed by atoms with Crippen molar-refractivity contribution >= 4 is 34.1 Å². The van der Waals surface area contributed by atoms with Crippen LogP contribution in [0.2, 0.25) is 5.02 Å². The van der Waals surface area contributed by atoms with Crippen LogP contribution in [0, 0.1) is 6.92 Å². The van der Waals surface area contributed by atoms with Gasteiger partial charge in [0.15, 0.2) is 5.65 Å². The molecule has 4 aromatic rings. The maximum Gasteiger partial charge on any atom is 0.343 e. The van der Waals surface area contributed by atoms with Crippen LogP contribution >= 0.6 is 11.6 Å². The van der Waals surface area contributed by atoms with Crippen molar-refractivity contribution in [2.75, 3.05) is 6.61 Å². The predicted octanol–water partition coefficient (Wildman–Crippen LogP) is 3.17. The van der Waals surface area contributed by atoms with Crippen LogP contribution in [0.1, 0.15) is 23.0 Å². The third-order valence-electron chi connectivity index (χ3n) is 4.25. The van der Waals surface area contributed by atoms with Gasteiger partial charge < -0.3 is 4.74 Å².